The van der Waals surface area contributed by atoms with Gasteiger partial charge in [-0.2, -0.15) is 4.80 Å². The topological polar surface area (TPSA) is 56.1 Å². The number of aryl methyl sites for hydroxylation is 1. The van der Waals surface area contributed by atoms with E-state index in [2.05, 4.69) is 70.6 Å². The molecule has 190 valence electrons. The first-order chi connectivity index (χ1) is 18.0. The minimum absolute atomic E-state index is 0.233. The highest BCUT2D eigenvalue weighted by Crippen LogP contribution is 2.44. The van der Waals surface area contributed by atoms with Crippen molar-refractivity contribution in [1.29, 1.82) is 0 Å². The van der Waals surface area contributed by atoms with Gasteiger partial charge < -0.3 is 9.64 Å². The number of hydrogen-bond donors (Lipinski definition) is 0. The van der Waals surface area contributed by atoms with Gasteiger partial charge in [0.25, 0.3) is 0 Å². The summed E-state index contributed by atoms with van der Waals surface area (Å²) in [4.78, 5) is 4.01. The molecular formula is C30H32FN5O. The molecule has 0 bridgehead atoms. The first-order valence-corrected chi connectivity index (χ1v) is 12.8. The van der Waals surface area contributed by atoms with Crippen molar-refractivity contribution in [1.82, 2.24) is 20.2 Å². The predicted octanol–water partition coefficient (Wildman–Crippen LogP) is 6.12. The van der Waals surface area contributed by atoms with E-state index in [9.17, 15) is 4.39 Å². The number of hydrogen-bond acceptors (Lipinski definition) is 5. The lowest BCUT2D eigenvalue weighted by Crippen LogP contribution is -2.49. The molecule has 1 unspecified atom stereocenters. The van der Waals surface area contributed by atoms with Gasteiger partial charge in [0, 0.05) is 12.2 Å². The molecule has 4 aromatic rings. The maximum absolute atomic E-state index is 13.7. The molecule has 1 atom stereocenters. The molecule has 1 aromatic heterocycles. The SMILES string of the molecule is CCCCn1nnc(/C=C/c2ccc(C3(C)c4ccc(OC)cc4CCN3c3ccc(F)cc3)cc2)n1. The molecule has 5 rings (SSSR count). The Morgan fingerprint density at radius 3 is 2.54 bits per heavy atom. The van der Waals surface area contributed by atoms with Gasteiger partial charge in [0.15, 0.2) is 5.82 Å². The average molecular weight is 498 g/mol. The van der Waals surface area contributed by atoms with Crippen molar-refractivity contribution < 1.29 is 9.13 Å². The zero-order valence-electron chi connectivity index (χ0n) is 21.6. The fraction of sp³-hybridized carbons (Fsp3) is 0.300. The van der Waals surface area contributed by atoms with Crippen molar-refractivity contribution in [2.24, 2.45) is 0 Å². The van der Waals surface area contributed by atoms with Crippen molar-refractivity contribution in [3.8, 4) is 5.75 Å². The van der Waals surface area contributed by atoms with Crippen molar-refractivity contribution in [3.63, 3.8) is 0 Å². The molecule has 0 saturated heterocycles. The Balaban J connectivity index is 1.47. The average Bonchev–Trinajstić information content (AvgIpc) is 3.39. The van der Waals surface area contributed by atoms with Gasteiger partial charge in [0.2, 0.25) is 0 Å². The highest BCUT2D eigenvalue weighted by molar-refractivity contribution is 5.67. The normalized spacial score (nSPS) is 17.2. The first-order valence-electron chi connectivity index (χ1n) is 12.8. The molecule has 0 spiro atoms. The van der Waals surface area contributed by atoms with E-state index in [4.69, 9.17) is 4.74 Å². The zero-order valence-corrected chi connectivity index (χ0v) is 21.6. The summed E-state index contributed by atoms with van der Waals surface area (Å²) in [6, 6.07) is 21.6. The van der Waals surface area contributed by atoms with Gasteiger partial charge in [-0.3, -0.25) is 0 Å². The smallest absolute Gasteiger partial charge is 0.197 e. The van der Waals surface area contributed by atoms with Crippen LogP contribution in [-0.4, -0.2) is 33.9 Å². The van der Waals surface area contributed by atoms with Crippen LogP contribution in [0.25, 0.3) is 12.2 Å². The molecule has 0 saturated carbocycles. The lowest BCUT2D eigenvalue weighted by atomic mass is 9.76. The van der Waals surface area contributed by atoms with Crippen molar-refractivity contribution in [3.05, 3.63) is 101 Å². The standard InChI is InChI=1S/C30H32FN5O/c1-4-5-19-36-33-29(32-34-36)17-8-22-6-9-24(10-7-22)30(2)28-16-15-27(37-3)21-23(28)18-20-35(30)26-13-11-25(31)12-14-26/h6-17,21H,4-5,18-20H2,1-3H3/b17-8+. The molecule has 0 amide bonds. The Morgan fingerprint density at radius 2 is 1.81 bits per heavy atom. The van der Waals surface area contributed by atoms with E-state index in [0.29, 0.717) is 5.82 Å². The van der Waals surface area contributed by atoms with E-state index >= 15 is 0 Å². The molecule has 0 radical (unpaired) electrons. The minimum Gasteiger partial charge on any atom is -0.497 e. The van der Waals surface area contributed by atoms with Gasteiger partial charge in [-0.1, -0.05) is 49.8 Å². The number of tetrazole rings is 1. The number of aromatic nitrogens is 4. The van der Waals surface area contributed by atoms with Crippen molar-refractivity contribution in [2.45, 2.75) is 45.2 Å². The Kier molecular flexibility index (Phi) is 7.04. The van der Waals surface area contributed by atoms with E-state index < -0.39 is 5.54 Å². The quantitative estimate of drug-likeness (QED) is 0.294. The largest absolute Gasteiger partial charge is 0.497 e. The third kappa shape index (κ3) is 4.99. The highest BCUT2D eigenvalue weighted by atomic mass is 19.1. The summed E-state index contributed by atoms with van der Waals surface area (Å²) in [6.07, 6.45) is 6.90. The number of halogens is 1. The first kappa shape index (κ1) is 24.7. The van der Waals surface area contributed by atoms with E-state index in [-0.39, 0.29) is 5.82 Å². The molecule has 0 N–H and O–H groups in total. The molecular weight excluding hydrogens is 465 g/mol. The van der Waals surface area contributed by atoms with Crippen LogP contribution in [0.15, 0.2) is 66.7 Å². The van der Waals surface area contributed by atoms with E-state index in [1.807, 2.05) is 30.4 Å². The maximum Gasteiger partial charge on any atom is 0.197 e. The summed E-state index contributed by atoms with van der Waals surface area (Å²) in [5, 5.41) is 12.7. The fourth-order valence-electron chi connectivity index (χ4n) is 5.11. The van der Waals surface area contributed by atoms with E-state index in [1.165, 1.54) is 23.3 Å². The number of fused-ring (bicyclic) bond motifs is 1. The van der Waals surface area contributed by atoms with Crippen molar-refractivity contribution >= 4 is 17.8 Å². The highest BCUT2D eigenvalue weighted by Gasteiger charge is 2.40. The van der Waals surface area contributed by atoms with E-state index in [1.54, 1.807) is 11.9 Å². The number of benzene rings is 3. The van der Waals surface area contributed by atoms with Crippen LogP contribution in [0.4, 0.5) is 10.1 Å². The molecule has 1 aliphatic heterocycles. The number of anilines is 1. The molecule has 3 aromatic carbocycles. The van der Waals surface area contributed by atoms with Crippen LogP contribution in [0.5, 0.6) is 5.75 Å². The summed E-state index contributed by atoms with van der Waals surface area (Å²) >= 11 is 0. The van der Waals surface area contributed by atoms with Crippen LogP contribution in [0, 0.1) is 5.82 Å². The third-order valence-corrected chi connectivity index (χ3v) is 7.20. The molecule has 1 aliphatic rings. The number of rotatable bonds is 8. The minimum atomic E-state index is -0.441. The second kappa shape index (κ2) is 10.5. The summed E-state index contributed by atoms with van der Waals surface area (Å²) in [5.41, 5.74) is 5.25. The zero-order chi connectivity index (χ0) is 25.8. The number of ether oxygens (including phenoxy) is 1. The number of methoxy groups -OCH3 is 1. The molecule has 0 aliphatic carbocycles. The number of unbranched alkanes of at least 4 members (excludes halogenated alkanes) is 1. The van der Waals surface area contributed by atoms with Gasteiger partial charge in [-0.25, -0.2) is 4.39 Å². The fourth-order valence-corrected chi connectivity index (χ4v) is 5.11. The Bertz CT molecular complexity index is 1380. The Hall–Kier alpha value is -4.00. The van der Waals surface area contributed by atoms with Gasteiger partial charge in [0.1, 0.15) is 11.6 Å². The second-order valence-corrected chi connectivity index (χ2v) is 9.53. The third-order valence-electron chi connectivity index (χ3n) is 7.20. The Morgan fingerprint density at radius 1 is 1.03 bits per heavy atom. The van der Waals surface area contributed by atoms with Gasteiger partial charge >= 0.3 is 0 Å². The van der Waals surface area contributed by atoms with Crippen LogP contribution in [0.2, 0.25) is 0 Å². The summed E-state index contributed by atoms with van der Waals surface area (Å²) < 4.78 is 19.2. The van der Waals surface area contributed by atoms with Crippen LogP contribution in [0.3, 0.4) is 0 Å². The number of nitrogens with zero attached hydrogens (tertiary/aromatic N) is 5. The molecule has 7 heteroatoms. The molecule has 2 heterocycles. The predicted molar refractivity (Wildman–Crippen MR) is 145 cm³/mol. The van der Waals surface area contributed by atoms with Crippen LogP contribution >= 0.6 is 0 Å². The summed E-state index contributed by atoms with van der Waals surface area (Å²) in [7, 11) is 1.70. The lowest BCUT2D eigenvalue weighted by molar-refractivity contribution is 0.411. The Labute approximate surface area is 217 Å². The van der Waals surface area contributed by atoms with Gasteiger partial charge in [-0.15, -0.1) is 10.2 Å². The van der Waals surface area contributed by atoms with Crippen LogP contribution < -0.4 is 9.64 Å². The lowest BCUT2D eigenvalue weighted by Gasteiger charge is -2.48. The molecule has 6 nitrogen and oxygen atoms in total. The maximum atomic E-state index is 13.7. The van der Waals surface area contributed by atoms with Gasteiger partial charge in [0.05, 0.1) is 19.2 Å². The van der Waals surface area contributed by atoms with Crippen LogP contribution in [-0.2, 0) is 18.5 Å². The van der Waals surface area contributed by atoms with E-state index in [0.717, 1.165) is 54.9 Å². The molecule has 0 fully saturated rings. The second-order valence-electron chi connectivity index (χ2n) is 9.53. The van der Waals surface area contributed by atoms with Crippen LogP contribution in [0.1, 0.15) is 54.8 Å². The summed E-state index contributed by atoms with van der Waals surface area (Å²) in [6.45, 7) is 5.97. The summed E-state index contributed by atoms with van der Waals surface area (Å²) in [5.74, 6) is 1.23. The molecule has 37 heavy (non-hydrogen) atoms. The monoisotopic (exact) mass is 497 g/mol. The van der Waals surface area contributed by atoms with Gasteiger partial charge in [-0.05, 0) is 89.7 Å². The van der Waals surface area contributed by atoms with Crippen molar-refractivity contribution in [2.75, 3.05) is 18.6 Å².